The molecule has 17 heavy (non-hydrogen) atoms. The Bertz CT molecular complexity index is 526. The summed E-state index contributed by atoms with van der Waals surface area (Å²) in [5.74, 6) is -0.319. The summed E-state index contributed by atoms with van der Waals surface area (Å²) >= 11 is 3.34. The fraction of sp³-hybridized carbons (Fsp3) is 0.273. The molecule has 4 nitrogen and oxygen atoms in total. The highest BCUT2D eigenvalue weighted by Crippen LogP contribution is 2.22. The number of aromatic nitrogens is 3. The SMILES string of the molecule is CCC(N)c1cn(-c2cc(F)ccc2Br)nn1. The molecule has 6 heteroatoms. The van der Waals surface area contributed by atoms with Gasteiger partial charge in [-0.05, 0) is 34.5 Å². The predicted molar refractivity (Wildman–Crippen MR) is 66.2 cm³/mol. The number of benzene rings is 1. The van der Waals surface area contributed by atoms with Gasteiger partial charge in [0.05, 0.1) is 23.6 Å². The molecule has 1 aromatic heterocycles. The second-order valence-corrected chi connectivity index (χ2v) is 4.55. The zero-order chi connectivity index (χ0) is 12.4. The van der Waals surface area contributed by atoms with E-state index in [0.29, 0.717) is 11.4 Å². The standard InChI is InChI=1S/C11H12BrFN4/c1-2-9(14)10-6-17(16-15-10)11-5-7(13)3-4-8(11)12/h3-6,9H,2,14H2,1H3. The summed E-state index contributed by atoms with van der Waals surface area (Å²) in [5.41, 5.74) is 7.15. The van der Waals surface area contributed by atoms with Gasteiger partial charge in [-0.1, -0.05) is 12.1 Å². The molecule has 0 radical (unpaired) electrons. The lowest BCUT2D eigenvalue weighted by molar-refractivity contribution is 0.624. The molecule has 0 spiro atoms. The molecule has 0 saturated heterocycles. The Morgan fingerprint density at radius 3 is 3.00 bits per heavy atom. The van der Waals surface area contributed by atoms with Crippen LogP contribution in [0.4, 0.5) is 4.39 Å². The summed E-state index contributed by atoms with van der Waals surface area (Å²) in [4.78, 5) is 0. The number of rotatable bonds is 3. The molecule has 0 aliphatic carbocycles. The van der Waals surface area contributed by atoms with Gasteiger partial charge in [-0.3, -0.25) is 0 Å². The van der Waals surface area contributed by atoms with Crippen molar-refractivity contribution in [2.24, 2.45) is 5.73 Å². The molecule has 1 aromatic carbocycles. The molecule has 0 saturated carbocycles. The number of nitrogens with two attached hydrogens (primary N) is 1. The first-order valence-electron chi connectivity index (χ1n) is 5.25. The van der Waals surface area contributed by atoms with Crippen molar-refractivity contribution in [3.63, 3.8) is 0 Å². The van der Waals surface area contributed by atoms with Crippen LogP contribution in [-0.2, 0) is 0 Å². The Balaban J connectivity index is 2.40. The first-order chi connectivity index (χ1) is 8.11. The van der Waals surface area contributed by atoms with E-state index in [1.54, 1.807) is 12.3 Å². The highest BCUT2D eigenvalue weighted by Gasteiger charge is 2.11. The third-order valence-electron chi connectivity index (χ3n) is 2.49. The maximum Gasteiger partial charge on any atom is 0.125 e. The van der Waals surface area contributed by atoms with Crippen LogP contribution < -0.4 is 5.73 Å². The van der Waals surface area contributed by atoms with Crippen molar-refractivity contribution >= 4 is 15.9 Å². The van der Waals surface area contributed by atoms with E-state index in [-0.39, 0.29) is 11.9 Å². The molecule has 2 aromatic rings. The van der Waals surface area contributed by atoms with Gasteiger partial charge in [-0.2, -0.15) is 0 Å². The first-order valence-corrected chi connectivity index (χ1v) is 6.04. The lowest BCUT2D eigenvalue weighted by atomic mass is 10.2. The Morgan fingerprint density at radius 1 is 1.53 bits per heavy atom. The summed E-state index contributed by atoms with van der Waals surface area (Å²) in [6, 6.07) is 4.26. The Labute approximate surface area is 107 Å². The lowest BCUT2D eigenvalue weighted by Gasteiger charge is -2.04. The molecule has 0 fully saturated rings. The van der Waals surface area contributed by atoms with Crippen LogP contribution >= 0.6 is 15.9 Å². The van der Waals surface area contributed by atoms with Crippen molar-refractivity contribution in [1.29, 1.82) is 0 Å². The van der Waals surface area contributed by atoms with Crippen molar-refractivity contribution in [2.45, 2.75) is 19.4 Å². The number of halogens is 2. The minimum Gasteiger partial charge on any atom is -0.323 e. The van der Waals surface area contributed by atoms with E-state index in [9.17, 15) is 4.39 Å². The second-order valence-electron chi connectivity index (χ2n) is 3.70. The summed E-state index contributed by atoms with van der Waals surface area (Å²) in [6.45, 7) is 1.97. The highest BCUT2D eigenvalue weighted by molar-refractivity contribution is 9.10. The summed E-state index contributed by atoms with van der Waals surface area (Å²) < 4.78 is 15.4. The molecular weight excluding hydrogens is 287 g/mol. The quantitative estimate of drug-likeness (QED) is 0.947. The zero-order valence-electron chi connectivity index (χ0n) is 9.27. The van der Waals surface area contributed by atoms with Gasteiger partial charge >= 0.3 is 0 Å². The molecule has 1 atom stereocenters. The van der Waals surface area contributed by atoms with Gasteiger partial charge in [-0.15, -0.1) is 5.10 Å². The van der Waals surface area contributed by atoms with Gasteiger partial charge in [0.15, 0.2) is 0 Å². The molecule has 0 aliphatic rings. The van der Waals surface area contributed by atoms with E-state index in [0.717, 1.165) is 10.9 Å². The topological polar surface area (TPSA) is 56.7 Å². The van der Waals surface area contributed by atoms with Crippen molar-refractivity contribution < 1.29 is 4.39 Å². The maximum atomic E-state index is 13.2. The largest absolute Gasteiger partial charge is 0.323 e. The van der Waals surface area contributed by atoms with Crippen LogP contribution in [0.5, 0.6) is 0 Å². The van der Waals surface area contributed by atoms with Crippen LogP contribution in [0.25, 0.3) is 5.69 Å². The third-order valence-corrected chi connectivity index (χ3v) is 3.16. The summed E-state index contributed by atoms with van der Waals surface area (Å²) in [6.07, 6.45) is 2.50. The molecule has 1 unspecified atom stereocenters. The molecule has 0 amide bonds. The summed E-state index contributed by atoms with van der Waals surface area (Å²) in [7, 11) is 0. The molecular formula is C11H12BrFN4. The normalized spacial score (nSPS) is 12.7. The van der Waals surface area contributed by atoms with E-state index in [1.807, 2.05) is 6.92 Å². The first kappa shape index (κ1) is 12.2. The van der Waals surface area contributed by atoms with Gasteiger partial charge in [0, 0.05) is 10.5 Å². The van der Waals surface area contributed by atoms with E-state index in [1.165, 1.54) is 16.8 Å². The third kappa shape index (κ3) is 2.53. The van der Waals surface area contributed by atoms with Gasteiger partial charge in [0.25, 0.3) is 0 Å². The van der Waals surface area contributed by atoms with Crippen molar-refractivity contribution in [3.8, 4) is 5.69 Å². The predicted octanol–water partition coefficient (Wildman–Crippen LogP) is 2.58. The van der Waals surface area contributed by atoms with Crippen molar-refractivity contribution in [1.82, 2.24) is 15.0 Å². The van der Waals surface area contributed by atoms with Crippen molar-refractivity contribution in [2.75, 3.05) is 0 Å². The van der Waals surface area contributed by atoms with Crippen LogP contribution in [0.3, 0.4) is 0 Å². The van der Waals surface area contributed by atoms with Gasteiger partial charge in [0.1, 0.15) is 5.82 Å². The fourth-order valence-electron chi connectivity index (χ4n) is 1.43. The fourth-order valence-corrected chi connectivity index (χ4v) is 1.86. The molecule has 2 N–H and O–H groups in total. The monoisotopic (exact) mass is 298 g/mol. The van der Waals surface area contributed by atoms with Crippen molar-refractivity contribution in [3.05, 3.63) is 40.4 Å². The van der Waals surface area contributed by atoms with Gasteiger partial charge in [-0.25, -0.2) is 9.07 Å². The Hall–Kier alpha value is -1.27. The van der Waals surface area contributed by atoms with Crippen LogP contribution in [0.2, 0.25) is 0 Å². The molecule has 0 bridgehead atoms. The highest BCUT2D eigenvalue weighted by atomic mass is 79.9. The number of hydrogen-bond donors (Lipinski definition) is 1. The van der Waals surface area contributed by atoms with Crippen LogP contribution in [0, 0.1) is 5.82 Å². The van der Waals surface area contributed by atoms with E-state index in [4.69, 9.17) is 5.73 Å². The maximum absolute atomic E-state index is 13.2. The van der Waals surface area contributed by atoms with Crippen LogP contribution in [0.15, 0.2) is 28.9 Å². The van der Waals surface area contributed by atoms with Gasteiger partial charge < -0.3 is 5.73 Å². The average Bonchev–Trinajstić information content (AvgIpc) is 2.80. The lowest BCUT2D eigenvalue weighted by Crippen LogP contribution is -2.08. The minimum absolute atomic E-state index is 0.143. The number of nitrogens with zero attached hydrogens (tertiary/aromatic N) is 3. The zero-order valence-corrected chi connectivity index (χ0v) is 10.9. The van der Waals surface area contributed by atoms with E-state index in [2.05, 4.69) is 26.2 Å². The number of hydrogen-bond acceptors (Lipinski definition) is 3. The van der Waals surface area contributed by atoms with Crippen LogP contribution in [0.1, 0.15) is 25.1 Å². The van der Waals surface area contributed by atoms with Crippen LogP contribution in [-0.4, -0.2) is 15.0 Å². The smallest absolute Gasteiger partial charge is 0.125 e. The average molecular weight is 299 g/mol. The van der Waals surface area contributed by atoms with E-state index >= 15 is 0 Å². The second kappa shape index (κ2) is 4.93. The molecule has 2 rings (SSSR count). The summed E-state index contributed by atoms with van der Waals surface area (Å²) in [5, 5.41) is 7.93. The Kier molecular flexibility index (Phi) is 3.54. The molecule has 0 aliphatic heterocycles. The molecule has 1 heterocycles. The van der Waals surface area contributed by atoms with Gasteiger partial charge in [0.2, 0.25) is 0 Å². The Morgan fingerprint density at radius 2 is 2.29 bits per heavy atom. The van der Waals surface area contributed by atoms with E-state index < -0.39 is 0 Å². The molecule has 90 valence electrons. The minimum atomic E-state index is -0.319.